The van der Waals surface area contributed by atoms with Crippen molar-refractivity contribution in [2.75, 3.05) is 20.1 Å². The number of likely N-dealkylation sites (tertiary alicyclic amines) is 1. The van der Waals surface area contributed by atoms with Gasteiger partial charge in [-0.3, -0.25) is 9.69 Å². The first-order valence-electron chi connectivity index (χ1n) is 6.48. The summed E-state index contributed by atoms with van der Waals surface area (Å²) in [6.45, 7) is 2.19. The highest BCUT2D eigenvalue weighted by atomic mass is 79.9. The lowest BCUT2D eigenvalue weighted by molar-refractivity contribution is -0.126. The molecule has 0 aromatic heterocycles. The zero-order chi connectivity index (χ0) is 13.8. The Kier molecular flexibility index (Phi) is 4.93. The van der Waals surface area contributed by atoms with Crippen molar-refractivity contribution in [2.45, 2.75) is 19.4 Å². The van der Waals surface area contributed by atoms with Crippen LogP contribution in [0.1, 0.15) is 18.4 Å². The second kappa shape index (κ2) is 6.48. The van der Waals surface area contributed by atoms with Crippen LogP contribution < -0.4 is 5.32 Å². The maximum atomic E-state index is 13.8. The molecule has 104 valence electrons. The Morgan fingerprint density at radius 1 is 1.58 bits per heavy atom. The third kappa shape index (κ3) is 3.76. The van der Waals surface area contributed by atoms with Gasteiger partial charge in [-0.15, -0.1) is 0 Å². The topological polar surface area (TPSA) is 32.3 Å². The fraction of sp³-hybridized carbons (Fsp3) is 0.500. The van der Waals surface area contributed by atoms with Crippen molar-refractivity contribution in [3.63, 3.8) is 0 Å². The van der Waals surface area contributed by atoms with Gasteiger partial charge < -0.3 is 5.32 Å². The van der Waals surface area contributed by atoms with Gasteiger partial charge in [0, 0.05) is 30.2 Å². The molecule has 5 heteroatoms. The molecule has 0 aliphatic carbocycles. The van der Waals surface area contributed by atoms with Crippen molar-refractivity contribution >= 4 is 21.8 Å². The molecular formula is C14H18BrFN2O. The van der Waals surface area contributed by atoms with Gasteiger partial charge in [0.15, 0.2) is 0 Å². The Labute approximate surface area is 121 Å². The number of nitrogens with one attached hydrogen (secondary N) is 1. The van der Waals surface area contributed by atoms with Gasteiger partial charge in [-0.25, -0.2) is 4.39 Å². The molecule has 1 aliphatic heterocycles. The van der Waals surface area contributed by atoms with Crippen LogP contribution in [-0.4, -0.2) is 30.9 Å². The van der Waals surface area contributed by atoms with E-state index in [-0.39, 0.29) is 17.6 Å². The van der Waals surface area contributed by atoms with Crippen molar-refractivity contribution in [3.8, 4) is 0 Å². The van der Waals surface area contributed by atoms with Crippen molar-refractivity contribution < 1.29 is 9.18 Å². The number of hydrogen-bond donors (Lipinski definition) is 1. The van der Waals surface area contributed by atoms with E-state index < -0.39 is 0 Å². The maximum absolute atomic E-state index is 13.8. The summed E-state index contributed by atoms with van der Waals surface area (Å²) in [7, 11) is 1.66. The predicted molar refractivity (Wildman–Crippen MR) is 76.2 cm³/mol. The lowest BCUT2D eigenvalue weighted by atomic mass is 9.97. The summed E-state index contributed by atoms with van der Waals surface area (Å²) in [5, 5.41) is 2.69. The minimum Gasteiger partial charge on any atom is -0.359 e. The van der Waals surface area contributed by atoms with Crippen molar-refractivity contribution in [3.05, 3.63) is 34.1 Å². The van der Waals surface area contributed by atoms with E-state index in [9.17, 15) is 9.18 Å². The van der Waals surface area contributed by atoms with E-state index in [4.69, 9.17) is 0 Å². The van der Waals surface area contributed by atoms with Gasteiger partial charge in [0.1, 0.15) is 5.82 Å². The standard InChI is InChI=1S/C14H18BrFN2O/c1-17-14(19)11-3-2-6-18(9-11)8-10-4-5-12(15)7-13(10)16/h4-5,7,11H,2-3,6,8-9H2,1H3,(H,17,19). The number of amides is 1. The average molecular weight is 329 g/mol. The van der Waals surface area contributed by atoms with Crippen molar-refractivity contribution in [1.82, 2.24) is 10.2 Å². The Bertz CT molecular complexity index is 467. The number of carbonyl (C=O) groups is 1. The largest absolute Gasteiger partial charge is 0.359 e. The molecule has 0 saturated carbocycles. The highest BCUT2D eigenvalue weighted by Gasteiger charge is 2.25. The van der Waals surface area contributed by atoms with Crippen LogP contribution in [0.4, 0.5) is 4.39 Å². The molecule has 0 radical (unpaired) electrons. The highest BCUT2D eigenvalue weighted by Crippen LogP contribution is 2.21. The van der Waals surface area contributed by atoms with Gasteiger partial charge >= 0.3 is 0 Å². The first-order chi connectivity index (χ1) is 9.10. The summed E-state index contributed by atoms with van der Waals surface area (Å²) in [5.41, 5.74) is 0.681. The molecule has 3 nitrogen and oxygen atoms in total. The molecule has 1 saturated heterocycles. The van der Waals surface area contributed by atoms with Gasteiger partial charge in [0.05, 0.1) is 5.92 Å². The van der Waals surface area contributed by atoms with Crippen molar-refractivity contribution in [2.24, 2.45) is 5.92 Å². The number of halogens is 2. The number of rotatable bonds is 3. The third-order valence-electron chi connectivity index (χ3n) is 3.53. The van der Waals surface area contributed by atoms with Crippen LogP contribution in [0.15, 0.2) is 22.7 Å². The van der Waals surface area contributed by atoms with Gasteiger partial charge in [-0.1, -0.05) is 22.0 Å². The maximum Gasteiger partial charge on any atom is 0.224 e. The Balaban J connectivity index is 2.00. The predicted octanol–water partition coefficient (Wildman–Crippen LogP) is 2.55. The number of nitrogens with zero attached hydrogens (tertiary/aromatic N) is 1. The van der Waals surface area contributed by atoms with Gasteiger partial charge in [-0.2, -0.15) is 0 Å². The van der Waals surface area contributed by atoms with E-state index >= 15 is 0 Å². The SMILES string of the molecule is CNC(=O)C1CCCN(Cc2ccc(Br)cc2F)C1. The van der Waals surface area contributed by atoms with E-state index in [1.165, 1.54) is 6.07 Å². The molecule has 1 fully saturated rings. The van der Waals surface area contributed by atoms with E-state index in [1.807, 2.05) is 6.07 Å². The minimum absolute atomic E-state index is 0.0252. The fourth-order valence-electron chi connectivity index (χ4n) is 2.51. The molecule has 19 heavy (non-hydrogen) atoms. The summed E-state index contributed by atoms with van der Waals surface area (Å²) in [5.74, 6) is -0.0883. The third-order valence-corrected chi connectivity index (χ3v) is 4.03. The lowest BCUT2D eigenvalue weighted by Gasteiger charge is -2.31. The second-order valence-corrected chi connectivity index (χ2v) is 5.84. The second-order valence-electron chi connectivity index (χ2n) is 4.92. The fourth-order valence-corrected chi connectivity index (χ4v) is 2.84. The average Bonchev–Trinajstić information content (AvgIpc) is 2.41. The molecule has 1 aromatic rings. The molecule has 1 unspecified atom stereocenters. The first-order valence-corrected chi connectivity index (χ1v) is 7.27. The Hall–Kier alpha value is -0.940. The molecule has 0 spiro atoms. The summed E-state index contributed by atoms with van der Waals surface area (Å²) < 4.78 is 14.5. The minimum atomic E-state index is -0.198. The molecule has 0 bridgehead atoms. The number of piperidine rings is 1. The quantitative estimate of drug-likeness (QED) is 0.924. The summed E-state index contributed by atoms with van der Waals surface area (Å²) in [6.07, 6.45) is 1.90. The van der Waals surface area contributed by atoms with E-state index in [0.717, 1.165) is 23.9 Å². The Morgan fingerprint density at radius 3 is 3.05 bits per heavy atom. The zero-order valence-corrected chi connectivity index (χ0v) is 12.5. The van der Waals surface area contributed by atoms with Gasteiger partial charge in [0.25, 0.3) is 0 Å². The molecule has 1 amide bonds. The summed E-state index contributed by atoms with van der Waals surface area (Å²) in [6, 6.07) is 5.12. The van der Waals surface area contributed by atoms with Crippen LogP contribution in [-0.2, 0) is 11.3 Å². The van der Waals surface area contributed by atoms with Crippen LogP contribution in [0, 0.1) is 11.7 Å². The van der Waals surface area contributed by atoms with Crippen LogP contribution in [0.5, 0.6) is 0 Å². The summed E-state index contributed by atoms with van der Waals surface area (Å²) >= 11 is 3.25. The molecule has 1 aliphatic rings. The molecule has 1 N–H and O–H groups in total. The van der Waals surface area contributed by atoms with Crippen LogP contribution >= 0.6 is 15.9 Å². The van der Waals surface area contributed by atoms with Crippen molar-refractivity contribution in [1.29, 1.82) is 0 Å². The summed E-state index contributed by atoms with van der Waals surface area (Å²) in [4.78, 5) is 13.8. The normalized spacial score (nSPS) is 20.3. The number of benzene rings is 1. The molecule has 1 aromatic carbocycles. The number of hydrogen-bond acceptors (Lipinski definition) is 2. The van der Waals surface area contributed by atoms with Crippen LogP contribution in [0.25, 0.3) is 0 Å². The first kappa shape index (κ1) is 14.5. The molecular weight excluding hydrogens is 311 g/mol. The number of carbonyl (C=O) groups excluding carboxylic acids is 1. The van der Waals surface area contributed by atoms with E-state index in [2.05, 4.69) is 26.1 Å². The highest BCUT2D eigenvalue weighted by molar-refractivity contribution is 9.10. The monoisotopic (exact) mass is 328 g/mol. The smallest absolute Gasteiger partial charge is 0.224 e. The van der Waals surface area contributed by atoms with E-state index in [0.29, 0.717) is 18.7 Å². The molecule has 2 rings (SSSR count). The van der Waals surface area contributed by atoms with Gasteiger partial charge in [-0.05, 0) is 31.5 Å². The lowest BCUT2D eigenvalue weighted by Crippen LogP contribution is -2.41. The van der Waals surface area contributed by atoms with Gasteiger partial charge in [0.2, 0.25) is 5.91 Å². The van der Waals surface area contributed by atoms with Crippen LogP contribution in [0.3, 0.4) is 0 Å². The zero-order valence-electron chi connectivity index (χ0n) is 11.0. The molecule has 1 heterocycles. The van der Waals surface area contributed by atoms with Crippen LogP contribution in [0.2, 0.25) is 0 Å². The Morgan fingerprint density at radius 2 is 2.37 bits per heavy atom. The van der Waals surface area contributed by atoms with E-state index in [1.54, 1.807) is 13.1 Å². The molecule has 1 atom stereocenters.